The molecule has 182 valence electrons. The minimum absolute atomic E-state index is 0.0385. The molecule has 0 aliphatic carbocycles. The molecule has 0 radical (unpaired) electrons. The van der Waals surface area contributed by atoms with Gasteiger partial charge >= 0.3 is 0 Å². The molecular formula is C29H31ClN2O3. The van der Waals surface area contributed by atoms with E-state index in [2.05, 4.69) is 29.2 Å². The van der Waals surface area contributed by atoms with E-state index in [4.69, 9.17) is 21.1 Å². The fraction of sp³-hybridized carbons (Fsp3) is 0.276. The van der Waals surface area contributed by atoms with E-state index in [1.807, 2.05) is 60.4 Å². The molecule has 3 aromatic carbocycles. The Bertz CT molecular complexity index is 1140. The van der Waals surface area contributed by atoms with Crippen molar-refractivity contribution >= 4 is 23.6 Å². The first kappa shape index (κ1) is 24.8. The summed E-state index contributed by atoms with van der Waals surface area (Å²) in [5.41, 5.74) is 2.69. The number of carbonyl (C=O) groups is 1. The molecule has 0 atom stereocenters. The van der Waals surface area contributed by atoms with Gasteiger partial charge in [0.2, 0.25) is 0 Å². The largest absolute Gasteiger partial charge is 0.493 e. The highest BCUT2D eigenvalue weighted by Crippen LogP contribution is 2.25. The molecule has 0 saturated carbocycles. The highest BCUT2D eigenvalue weighted by molar-refractivity contribution is 6.30. The van der Waals surface area contributed by atoms with Gasteiger partial charge in [-0.3, -0.25) is 9.69 Å². The Kier molecular flexibility index (Phi) is 8.82. The first-order valence-electron chi connectivity index (χ1n) is 12.0. The second-order valence-electron chi connectivity index (χ2n) is 8.41. The van der Waals surface area contributed by atoms with Crippen LogP contribution in [0.4, 0.5) is 0 Å². The van der Waals surface area contributed by atoms with Crippen molar-refractivity contribution in [3.63, 3.8) is 0 Å². The van der Waals surface area contributed by atoms with E-state index < -0.39 is 0 Å². The molecule has 5 nitrogen and oxygen atoms in total. The van der Waals surface area contributed by atoms with Gasteiger partial charge in [0.15, 0.2) is 0 Å². The second kappa shape index (κ2) is 12.4. The Labute approximate surface area is 212 Å². The van der Waals surface area contributed by atoms with Gasteiger partial charge in [0, 0.05) is 48.9 Å². The van der Waals surface area contributed by atoms with E-state index in [0.717, 1.165) is 30.9 Å². The molecule has 0 unspecified atom stereocenters. The Balaban J connectivity index is 1.35. The molecule has 6 heteroatoms. The van der Waals surface area contributed by atoms with Crippen LogP contribution in [0.1, 0.15) is 28.4 Å². The minimum Gasteiger partial charge on any atom is -0.493 e. The number of rotatable bonds is 9. The predicted molar refractivity (Wildman–Crippen MR) is 141 cm³/mol. The number of ether oxygens (including phenoxy) is 2. The number of hydrogen-bond donors (Lipinski definition) is 0. The van der Waals surface area contributed by atoms with E-state index in [1.165, 1.54) is 5.56 Å². The lowest BCUT2D eigenvalue weighted by Crippen LogP contribution is -2.48. The van der Waals surface area contributed by atoms with Crippen LogP contribution in [-0.4, -0.2) is 55.0 Å². The molecule has 3 aromatic rings. The number of hydrogen-bond acceptors (Lipinski definition) is 4. The average Bonchev–Trinajstić information content (AvgIpc) is 2.89. The number of amides is 1. The van der Waals surface area contributed by atoms with Crippen LogP contribution in [0, 0.1) is 0 Å². The lowest BCUT2D eigenvalue weighted by molar-refractivity contribution is 0.0650. The zero-order chi connectivity index (χ0) is 24.5. The minimum atomic E-state index is 0.0385. The predicted octanol–water partition coefficient (Wildman–Crippen LogP) is 5.79. The molecule has 4 rings (SSSR count). The topological polar surface area (TPSA) is 42.0 Å². The molecule has 35 heavy (non-hydrogen) atoms. The van der Waals surface area contributed by atoms with Crippen molar-refractivity contribution in [1.82, 2.24) is 9.80 Å². The van der Waals surface area contributed by atoms with Crippen molar-refractivity contribution in [2.75, 3.05) is 39.3 Å². The molecule has 1 amide bonds. The van der Waals surface area contributed by atoms with Crippen LogP contribution >= 0.6 is 11.6 Å². The van der Waals surface area contributed by atoms with E-state index in [9.17, 15) is 4.79 Å². The van der Waals surface area contributed by atoms with Gasteiger partial charge in [0.1, 0.15) is 18.1 Å². The van der Waals surface area contributed by atoms with Crippen LogP contribution in [0.3, 0.4) is 0 Å². The number of carbonyl (C=O) groups excluding carboxylic acids is 1. The van der Waals surface area contributed by atoms with Crippen LogP contribution in [-0.2, 0) is 6.61 Å². The summed E-state index contributed by atoms with van der Waals surface area (Å²) in [5.74, 6) is 1.44. The number of piperazine rings is 1. The van der Waals surface area contributed by atoms with Gasteiger partial charge in [0.05, 0.1) is 6.61 Å². The number of halogens is 1. The Morgan fingerprint density at radius 1 is 0.943 bits per heavy atom. The Hall–Kier alpha value is -3.28. The highest BCUT2D eigenvalue weighted by atomic mass is 35.5. The third-order valence-electron chi connectivity index (χ3n) is 5.93. The van der Waals surface area contributed by atoms with Crippen molar-refractivity contribution < 1.29 is 14.3 Å². The highest BCUT2D eigenvalue weighted by Gasteiger charge is 2.22. The van der Waals surface area contributed by atoms with Gasteiger partial charge in [-0.15, -0.1) is 0 Å². The van der Waals surface area contributed by atoms with Crippen LogP contribution in [0.25, 0.3) is 6.08 Å². The second-order valence-corrected chi connectivity index (χ2v) is 8.84. The average molecular weight is 491 g/mol. The quantitative estimate of drug-likeness (QED) is 0.381. The van der Waals surface area contributed by atoms with Gasteiger partial charge in [-0.25, -0.2) is 0 Å². The SMILES string of the molecule is CCOc1ccc(C(=O)N2CCN(C/C=C/c3ccccc3)CC2)cc1COc1cccc(Cl)c1. The molecule has 1 aliphatic rings. The standard InChI is InChI=1S/C29H31ClN2O3/c1-2-34-28-14-13-24(20-25(28)22-35-27-12-6-11-26(30)21-27)29(33)32-18-16-31(17-19-32)15-7-10-23-8-4-3-5-9-23/h3-14,20-21H,2,15-19,22H2,1H3/b10-7+. The van der Waals surface area contributed by atoms with Gasteiger partial charge in [-0.05, 0) is 48.9 Å². The van der Waals surface area contributed by atoms with E-state index in [-0.39, 0.29) is 5.91 Å². The lowest BCUT2D eigenvalue weighted by Gasteiger charge is -2.34. The summed E-state index contributed by atoms with van der Waals surface area (Å²) in [5, 5.41) is 0.617. The lowest BCUT2D eigenvalue weighted by atomic mass is 10.1. The third kappa shape index (κ3) is 7.10. The van der Waals surface area contributed by atoms with Crippen molar-refractivity contribution in [2.24, 2.45) is 0 Å². The number of benzene rings is 3. The first-order valence-corrected chi connectivity index (χ1v) is 12.4. The fourth-order valence-corrected chi connectivity index (χ4v) is 4.24. The molecule has 1 heterocycles. The molecule has 0 N–H and O–H groups in total. The van der Waals surface area contributed by atoms with Crippen molar-refractivity contribution in [3.8, 4) is 11.5 Å². The summed E-state index contributed by atoms with van der Waals surface area (Å²) in [6.07, 6.45) is 4.33. The van der Waals surface area contributed by atoms with Crippen LogP contribution in [0.5, 0.6) is 11.5 Å². The van der Waals surface area contributed by atoms with Crippen LogP contribution < -0.4 is 9.47 Å². The summed E-state index contributed by atoms with van der Waals surface area (Å²) in [6.45, 7) is 6.77. The molecule has 1 aliphatic heterocycles. The maximum Gasteiger partial charge on any atom is 0.253 e. The summed E-state index contributed by atoms with van der Waals surface area (Å²) < 4.78 is 11.7. The molecule has 0 spiro atoms. The van der Waals surface area contributed by atoms with Crippen molar-refractivity contribution in [2.45, 2.75) is 13.5 Å². The summed E-state index contributed by atoms with van der Waals surface area (Å²) >= 11 is 6.06. The Morgan fingerprint density at radius 2 is 1.74 bits per heavy atom. The Morgan fingerprint density at radius 3 is 2.49 bits per heavy atom. The molecule has 0 aromatic heterocycles. The van der Waals surface area contributed by atoms with Crippen LogP contribution in [0.15, 0.2) is 78.9 Å². The van der Waals surface area contributed by atoms with Crippen molar-refractivity contribution in [1.29, 1.82) is 0 Å². The normalized spacial score (nSPS) is 14.3. The summed E-state index contributed by atoms with van der Waals surface area (Å²) in [6, 6.07) is 23.2. The molecule has 0 bridgehead atoms. The molecular weight excluding hydrogens is 460 g/mol. The van der Waals surface area contributed by atoms with E-state index >= 15 is 0 Å². The van der Waals surface area contributed by atoms with Gasteiger partial charge in [-0.1, -0.05) is 60.2 Å². The van der Waals surface area contributed by atoms with Crippen molar-refractivity contribution in [3.05, 3.63) is 101 Å². The zero-order valence-corrected chi connectivity index (χ0v) is 20.8. The maximum atomic E-state index is 13.2. The summed E-state index contributed by atoms with van der Waals surface area (Å²) in [4.78, 5) is 17.5. The zero-order valence-electron chi connectivity index (χ0n) is 20.0. The van der Waals surface area contributed by atoms with E-state index in [0.29, 0.717) is 42.6 Å². The molecule has 1 fully saturated rings. The third-order valence-corrected chi connectivity index (χ3v) is 6.17. The van der Waals surface area contributed by atoms with Gasteiger partial charge in [0.25, 0.3) is 5.91 Å². The smallest absolute Gasteiger partial charge is 0.253 e. The monoisotopic (exact) mass is 490 g/mol. The van der Waals surface area contributed by atoms with Gasteiger partial charge < -0.3 is 14.4 Å². The van der Waals surface area contributed by atoms with Crippen LogP contribution in [0.2, 0.25) is 5.02 Å². The summed E-state index contributed by atoms with van der Waals surface area (Å²) in [7, 11) is 0. The molecule has 1 saturated heterocycles. The van der Waals surface area contributed by atoms with E-state index in [1.54, 1.807) is 12.1 Å². The fourth-order valence-electron chi connectivity index (χ4n) is 4.06. The number of nitrogens with zero attached hydrogens (tertiary/aromatic N) is 2. The van der Waals surface area contributed by atoms with Gasteiger partial charge in [-0.2, -0.15) is 0 Å². The maximum absolute atomic E-state index is 13.2. The first-order chi connectivity index (χ1) is 17.1.